The number of hydrogen-bond acceptors (Lipinski definition) is 3. The first kappa shape index (κ1) is 19.4. The second-order valence-corrected chi connectivity index (χ2v) is 6.91. The summed E-state index contributed by atoms with van der Waals surface area (Å²) in [6, 6.07) is 11.3. The van der Waals surface area contributed by atoms with Crippen molar-refractivity contribution < 1.29 is 9.18 Å². The number of anilines is 1. The molecule has 0 aliphatic carbocycles. The van der Waals surface area contributed by atoms with Gasteiger partial charge in [-0.3, -0.25) is 4.79 Å². The Kier molecular flexibility index (Phi) is 6.97. The van der Waals surface area contributed by atoms with Gasteiger partial charge in [-0.2, -0.15) is 0 Å². The molecule has 6 heteroatoms. The highest BCUT2D eigenvalue weighted by atomic mass is 35.5. The van der Waals surface area contributed by atoms with Gasteiger partial charge in [0.1, 0.15) is 11.5 Å². The van der Waals surface area contributed by atoms with Gasteiger partial charge in [0.2, 0.25) is 0 Å². The van der Waals surface area contributed by atoms with Crippen molar-refractivity contribution in [2.75, 3.05) is 11.9 Å². The fourth-order valence-electron chi connectivity index (χ4n) is 2.16. The molecule has 0 aliphatic heterocycles. The summed E-state index contributed by atoms with van der Waals surface area (Å²) in [4.78, 5) is 16.7. The lowest BCUT2D eigenvalue weighted by atomic mass is 10.0. The Hall–Kier alpha value is -1.91. The first-order valence-corrected chi connectivity index (χ1v) is 8.66. The zero-order valence-electron chi connectivity index (χ0n) is 14.0. The Labute approximate surface area is 156 Å². The van der Waals surface area contributed by atoms with Crippen LogP contribution in [0.5, 0.6) is 0 Å². The van der Waals surface area contributed by atoms with Crippen LogP contribution < -0.4 is 5.32 Å². The molecule has 0 amide bonds. The maximum atomic E-state index is 14.0. The van der Waals surface area contributed by atoms with E-state index in [1.165, 1.54) is 12.1 Å². The molecule has 2 aromatic rings. The van der Waals surface area contributed by atoms with E-state index >= 15 is 0 Å². The van der Waals surface area contributed by atoms with Crippen LogP contribution in [0.25, 0.3) is 0 Å². The average molecular weight is 381 g/mol. The second kappa shape index (κ2) is 8.97. The lowest BCUT2D eigenvalue weighted by Gasteiger charge is -2.11. The summed E-state index contributed by atoms with van der Waals surface area (Å²) in [5, 5.41) is 4.03. The van der Waals surface area contributed by atoms with Gasteiger partial charge < -0.3 is 5.32 Å². The van der Waals surface area contributed by atoms with Crippen molar-refractivity contribution >= 4 is 46.1 Å². The Bertz CT molecular complexity index is 773. The van der Waals surface area contributed by atoms with E-state index in [2.05, 4.69) is 10.3 Å². The van der Waals surface area contributed by atoms with E-state index in [-0.39, 0.29) is 34.7 Å². The molecule has 0 aliphatic rings. The standard InChI is InChI=1S/C19H19Cl2FN2O/c1-12(2)9-19(25)18(11-23-15-6-3-13(20)4-7-15)24-17-8-5-14(21)10-16(17)22/h3-8,10,12,23H,9,11H2,1-2H3. The van der Waals surface area contributed by atoms with E-state index in [0.717, 1.165) is 5.69 Å². The molecule has 25 heavy (non-hydrogen) atoms. The Balaban J connectivity index is 2.24. The lowest BCUT2D eigenvalue weighted by molar-refractivity contribution is -0.113. The molecule has 2 aromatic carbocycles. The van der Waals surface area contributed by atoms with Crippen LogP contribution in [-0.4, -0.2) is 18.0 Å². The number of rotatable bonds is 7. The second-order valence-electron chi connectivity index (χ2n) is 6.04. The Morgan fingerprint density at radius 2 is 1.76 bits per heavy atom. The third kappa shape index (κ3) is 6.15. The maximum absolute atomic E-state index is 14.0. The molecule has 0 bridgehead atoms. The van der Waals surface area contributed by atoms with E-state index in [1.807, 2.05) is 13.8 Å². The van der Waals surface area contributed by atoms with Crippen LogP contribution in [0.2, 0.25) is 10.0 Å². The first-order chi connectivity index (χ1) is 11.8. The highest BCUT2D eigenvalue weighted by Gasteiger charge is 2.15. The molecule has 0 spiro atoms. The van der Waals surface area contributed by atoms with Gasteiger partial charge >= 0.3 is 0 Å². The molecule has 2 rings (SSSR count). The Morgan fingerprint density at radius 1 is 1.12 bits per heavy atom. The average Bonchev–Trinajstić information content (AvgIpc) is 2.54. The zero-order chi connectivity index (χ0) is 18.4. The molecule has 0 atom stereocenters. The van der Waals surface area contributed by atoms with E-state index < -0.39 is 5.82 Å². The summed E-state index contributed by atoms with van der Waals surface area (Å²) >= 11 is 11.6. The smallest absolute Gasteiger partial charge is 0.179 e. The van der Waals surface area contributed by atoms with Crippen molar-refractivity contribution in [1.82, 2.24) is 0 Å². The molecule has 0 saturated heterocycles. The van der Waals surface area contributed by atoms with Crippen LogP contribution in [0, 0.1) is 11.7 Å². The number of benzene rings is 2. The fourth-order valence-corrected chi connectivity index (χ4v) is 2.44. The van der Waals surface area contributed by atoms with Gasteiger partial charge in [0.05, 0.1) is 12.2 Å². The Morgan fingerprint density at radius 3 is 2.36 bits per heavy atom. The van der Waals surface area contributed by atoms with Crippen molar-refractivity contribution in [2.45, 2.75) is 20.3 Å². The van der Waals surface area contributed by atoms with Gasteiger partial charge in [-0.15, -0.1) is 0 Å². The van der Waals surface area contributed by atoms with Gasteiger partial charge in [0.25, 0.3) is 0 Å². The molecular weight excluding hydrogens is 362 g/mol. The summed E-state index contributed by atoms with van der Waals surface area (Å²) in [5.74, 6) is -0.497. The van der Waals surface area contributed by atoms with Crippen LogP contribution in [0.3, 0.4) is 0 Å². The fraction of sp³-hybridized carbons (Fsp3) is 0.263. The van der Waals surface area contributed by atoms with E-state index in [0.29, 0.717) is 11.4 Å². The summed E-state index contributed by atoms with van der Waals surface area (Å²) in [7, 11) is 0. The highest BCUT2D eigenvalue weighted by molar-refractivity contribution is 6.41. The van der Waals surface area contributed by atoms with Crippen molar-refractivity contribution in [3.63, 3.8) is 0 Å². The predicted octanol–water partition coefficient (Wildman–Crippen LogP) is 5.93. The summed E-state index contributed by atoms with van der Waals surface area (Å²) in [6.45, 7) is 4.09. The van der Waals surface area contributed by atoms with Crippen molar-refractivity contribution in [2.24, 2.45) is 10.9 Å². The minimum absolute atomic E-state index is 0.0920. The van der Waals surface area contributed by atoms with Crippen LogP contribution in [0.15, 0.2) is 47.5 Å². The third-order valence-electron chi connectivity index (χ3n) is 3.38. The minimum atomic E-state index is -0.561. The number of aliphatic imine (C=N–C) groups is 1. The largest absolute Gasteiger partial charge is 0.379 e. The molecule has 0 aromatic heterocycles. The van der Waals surface area contributed by atoms with E-state index in [4.69, 9.17) is 23.2 Å². The number of Topliss-reactive ketones (excluding diaryl/α,β-unsaturated/α-hetero) is 1. The molecule has 0 saturated carbocycles. The van der Waals surface area contributed by atoms with Gasteiger partial charge in [0, 0.05) is 22.2 Å². The third-order valence-corrected chi connectivity index (χ3v) is 3.87. The molecule has 0 fully saturated rings. The number of nitrogens with one attached hydrogen (secondary N) is 1. The molecule has 3 nitrogen and oxygen atoms in total. The quantitative estimate of drug-likeness (QED) is 0.604. The number of nitrogens with zero attached hydrogens (tertiary/aromatic N) is 1. The number of ketones is 1. The van der Waals surface area contributed by atoms with Gasteiger partial charge in [0.15, 0.2) is 5.78 Å². The SMILES string of the molecule is CC(C)CC(=O)C(CNc1ccc(Cl)cc1)=Nc1ccc(Cl)cc1F. The first-order valence-electron chi connectivity index (χ1n) is 7.90. The topological polar surface area (TPSA) is 41.5 Å². The summed E-state index contributed by atoms with van der Waals surface area (Å²) in [6.07, 6.45) is 0.344. The van der Waals surface area contributed by atoms with Crippen LogP contribution >= 0.6 is 23.2 Å². The normalized spacial score (nSPS) is 11.7. The van der Waals surface area contributed by atoms with Crippen molar-refractivity contribution in [1.29, 1.82) is 0 Å². The van der Waals surface area contributed by atoms with E-state index in [1.54, 1.807) is 30.3 Å². The van der Waals surface area contributed by atoms with Crippen molar-refractivity contribution in [3.05, 3.63) is 58.3 Å². The number of carbonyl (C=O) groups excluding carboxylic acids is 1. The van der Waals surface area contributed by atoms with Gasteiger partial charge in [-0.1, -0.05) is 37.0 Å². The van der Waals surface area contributed by atoms with Crippen molar-refractivity contribution in [3.8, 4) is 0 Å². The summed E-state index contributed by atoms with van der Waals surface area (Å²) < 4.78 is 14.0. The van der Waals surface area contributed by atoms with Crippen LogP contribution in [-0.2, 0) is 4.79 Å². The predicted molar refractivity (Wildman–Crippen MR) is 103 cm³/mol. The zero-order valence-corrected chi connectivity index (χ0v) is 15.5. The molecule has 1 N–H and O–H groups in total. The number of halogens is 3. The molecular formula is C19H19Cl2FN2O. The highest BCUT2D eigenvalue weighted by Crippen LogP contribution is 2.22. The van der Waals surface area contributed by atoms with Gasteiger partial charge in [-0.05, 0) is 48.4 Å². The van der Waals surface area contributed by atoms with E-state index in [9.17, 15) is 9.18 Å². The maximum Gasteiger partial charge on any atom is 0.179 e. The number of hydrogen-bond donors (Lipinski definition) is 1. The van der Waals surface area contributed by atoms with Crippen LogP contribution in [0.4, 0.5) is 15.8 Å². The molecule has 132 valence electrons. The minimum Gasteiger partial charge on any atom is -0.379 e. The lowest BCUT2D eigenvalue weighted by Crippen LogP contribution is -2.24. The summed E-state index contributed by atoms with van der Waals surface area (Å²) in [5.41, 5.74) is 1.16. The van der Waals surface area contributed by atoms with Crippen LogP contribution in [0.1, 0.15) is 20.3 Å². The molecule has 0 unspecified atom stereocenters. The number of carbonyl (C=O) groups is 1. The van der Waals surface area contributed by atoms with Gasteiger partial charge in [-0.25, -0.2) is 9.38 Å². The monoisotopic (exact) mass is 380 g/mol. The molecule has 0 radical (unpaired) electrons. The molecule has 0 heterocycles.